The van der Waals surface area contributed by atoms with Crippen molar-refractivity contribution < 1.29 is 84.2 Å². The van der Waals surface area contributed by atoms with Gasteiger partial charge in [-0.2, -0.15) is 57.1 Å². The van der Waals surface area contributed by atoms with Crippen LogP contribution >= 0.6 is 0 Å². The van der Waals surface area contributed by atoms with Gasteiger partial charge in [0.05, 0.1) is 0 Å². The van der Waals surface area contributed by atoms with Crippen molar-refractivity contribution in [2.75, 3.05) is 0 Å². The third-order valence-corrected chi connectivity index (χ3v) is 3.56. The molecule has 0 aromatic rings. The van der Waals surface area contributed by atoms with Crippen LogP contribution in [0.5, 0.6) is 0 Å². The van der Waals surface area contributed by atoms with E-state index in [0.29, 0.717) is 0 Å². The highest BCUT2D eigenvalue weighted by molar-refractivity contribution is 5.81. The molecule has 19 heteroatoms. The Hall–Kier alpha value is -1.98. The Morgan fingerprint density at radius 1 is 0.656 bits per heavy atom. The highest BCUT2D eigenvalue weighted by atomic mass is 19.4. The first-order valence-electron chi connectivity index (χ1n) is 7.19. The summed E-state index contributed by atoms with van der Waals surface area (Å²) in [5, 5.41) is 0. The molecule has 32 heavy (non-hydrogen) atoms. The number of carbonyl (C=O) groups is 1. The molecule has 0 aromatic heterocycles. The Labute approximate surface area is 165 Å². The van der Waals surface area contributed by atoms with Crippen LogP contribution in [0.4, 0.5) is 74.6 Å². The van der Waals surface area contributed by atoms with Crippen LogP contribution in [0.1, 0.15) is 0 Å². The molecule has 0 aromatic carbocycles. The first-order valence-corrected chi connectivity index (χ1v) is 7.19. The normalized spacial score (nSPS) is 17.7. The SMILES string of the molecule is C=CC(=O)OC(F)C(F)(F)C(F)(F)C(F)(F)C(F)(F)C(F)(F)C(F)(F)C(F)C(F)C(F)F. The number of ether oxygens (including phenoxy) is 1. The van der Waals surface area contributed by atoms with Gasteiger partial charge in [0.1, 0.15) is 0 Å². The fraction of sp³-hybridized carbons (Fsp3) is 0.769. The minimum Gasteiger partial charge on any atom is -0.421 e. The van der Waals surface area contributed by atoms with Gasteiger partial charge >= 0.3 is 47.9 Å². The smallest absolute Gasteiger partial charge is 0.385 e. The maximum atomic E-state index is 13.4. The lowest BCUT2D eigenvalue weighted by molar-refractivity contribution is -0.439. The van der Waals surface area contributed by atoms with Crippen molar-refractivity contribution in [2.24, 2.45) is 0 Å². The summed E-state index contributed by atoms with van der Waals surface area (Å²) in [5.74, 6) is -50.7. The van der Waals surface area contributed by atoms with Crippen LogP contribution in [0.15, 0.2) is 12.7 Å². The second kappa shape index (κ2) is 8.75. The molecule has 0 fully saturated rings. The Kier molecular flexibility index (Phi) is 8.21. The predicted molar refractivity (Wildman–Crippen MR) is 66.7 cm³/mol. The van der Waals surface area contributed by atoms with Gasteiger partial charge in [-0.1, -0.05) is 6.58 Å². The molecule has 0 rings (SSSR count). The Balaban J connectivity index is 6.51. The van der Waals surface area contributed by atoms with E-state index in [9.17, 15) is 79.4 Å². The molecule has 190 valence electrons. The van der Waals surface area contributed by atoms with Crippen LogP contribution in [0, 0.1) is 0 Å². The molecule has 0 aliphatic carbocycles. The molecule has 0 spiro atoms. The topological polar surface area (TPSA) is 26.3 Å². The quantitative estimate of drug-likeness (QED) is 0.198. The van der Waals surface area contributed by atoms with Crippen LogP contribution in [-0.4, -0.2) is 66.6 Å². The van der Waals surface area contributed by atoms with E-state index in [1.54, 1.807) is 0 Å². The second-order valence-corrected chi connectivity index (χ2v) is 5.68. The zero-order chi connectivity index (χ0) is 26.3. The van der Waals surface area contributed by atoms with Gasteiger partial charge < -0.3 is 4.74 Å². The lowest BCUT2D eigenvalue weighted by atomic mass is 9.89. The Morgan fingerprint density at radius 3 is 1.31 bits per heavy atom. The zero-order valence-electron chi connectivity index (χ0n) is 14.3. The second-order valence-electron chi connectivity index (χ2n) is 5.68. The van der Waals surface area contributed by atoms with Crippen LogP contribution < -0.4 is 0 Å². The Bertz CT molecular complexity index is 688. The van der Waals surface area contributed by atoms with E-state index >= 15 is 0 Å². The van der Waals surface area contributed by atoms with Crippen LogP contribution in [-0.2, 0) is 9.53 Å². The third kappa shape index (κ3) is 4.29. The molecule has 0 saturated heterocycles. The molecule has 0 saturated carbocycles. The molecular weight excluding hydrogens is 511 g/mol. The third-order valence-electron chi connectivity index (χ3n) is 3.56. The Morgan fingerprint density at radius 2 is 1.00 bits per heavy atom. The highest BCUT2D eigenvalue weighted by Crippen LogP contribution is 2.61. The standard InChI is InChI=1S/C13H7F17O2/c1-2-3(31)32-7(18)9(21,22)11(25,26)13(29,30)12(27,28)10(23,24)8(19,20)5(15)4(14)6(16)17/h2,4-7H,1H2. The molecule has 0 heterocycles. The van der Waals surface area contributed by atoms with Crippen molar-refractivity contribution in [3.05, 3.63) is 12.7 Å². The number of alkyl halides is 17. The molecule has 0 aliphatic heterocycles. The number of hydrogen-bond donors (Lipinski definition) is 0. The van der Waals surface area contributed by atoms with Gasteiger partial charge in [-0.05, 0) is 0 Å². The van der Waals surface area contributed by atoms with Gasteiger partial charge in [0.25, 0.3) is 6.43 Å². The van der Waals surface area contributed by atoms with Crippen molar-refractivity contribution in [1.82, 2.24) is 0 Å². The molecule has 0 amide bonds. The summed E-state index contributed by atoms with van der Waals surface area (Å²) in [6.07, 6.45) is -21.3. The maximum absolute atomic E-state index is 13.4. The first-order chi connectivity index (χ1) is 13.9. The number of hydrogen-bond acceptors (Lipinski definition) is 2. The van der Waals surface area contributed by atoms with E-state index in [1.807, 2.05) is 0 Å². The largest absolute Gasteiger partial charge is 0.421 e. The average molecular weight is 518 g/mol. The van der Waals surface area contributed by atoms with Crippen LogP contribution in [0.3, 0.4) is 0 Å². The molecule has 0 N–H and O–H groups in total. The number of halogens is 17. The van der Waals surface area contributed by atoms with E-state index in [4.69, 9.17) is 0 Å². The summed E-state index contributed by atoms with van der Waals surface area (Å²) < 4.78 is 225. The minimum atomic E-state index is -8.48. The van der Waals surface area contributed by atoms with Gasteiger partial charge in [-0.15, -0.1) is 0 Å². The fourth-order valence-electron chi connectivity index (χ4n) is 1.68. The summed E-state index contributed by atoms with van der Waals surface area (Å²) in [7, 11) is 0. The van der Waals surface area contributed by atoms with E-state index in [0.717, 1.165) is 0 Å². The predicted octanol–water partition coefficient (Wildman–Crippen LogP) is 5.76. The summed E-state index contributed by atoms with van der Waals surface area (Å²) in [6, 6.07) is 0. The zero-order valence-corrected chi connectivity index (χ0v) is 14.3. The van der Waals surface area contributed by atoms with Crippen LogP contribution in [0.2, 0.25) is 0 Å². The van der Waals surface area contributed by atoms with E-state index in [-0.39, 0.29) is 6.08 Å². The molecule has 2 nitrogen and oxygen atoms in total. The van der Waals surface area contributed by atoms with Crippen molar-refractivity contribution in [3.8, 4) is 0 Å². The molecule has 3 atom stereocenters. The lowest BCUT2D eigenvalue weighted by Gasteiger charge is -2.42. The summed E-state index contributed by atoms with van der Waals surface area (Å²) in [5.41, 5.74) is 0. The highest BCUT2D eigenvalue weighted by Gasteiger charge is 2.92. The molecular formula is C13H7F17O2. The number of carbonyl (C=O) groups excluding carboxylic acids is 1. The monoisotopic (exact) mass is 518 g/mol. The van der Waals surface area contributed by atoms with Gasteiger partial charge in [0, 0.05) is 6.08 Å². The van der Waals surface area contributed by atoms with E-state index in [2.05, 4.69) is 11.3 Å². The van der Waals surface area contributed by atoms with Crippen molar-refractivity contribution in [3.63, 3.8) is 0 Å². The van der Waals surface area contributed by atoms with Crippen LogP contribution in [0.25, 0.3) is 0 Å². The summed E-state index contributed by atoms with van der Waals surface area (Å²) in [4.78, 5) is 10.5. The lowest BCUT2D eigenvalue weighted by Crippen LogP contribution is -2.73. The van der Waals surface area contributed by atoms with Gasteiger partial charge in [0.15, 0.2) is 6.17 Å². The van der Waals surface area contributed by atoms with Gasteiger partial charge in [0.2, 0.25) is 6.17 Å². The fourth-order valence-corrected chi connectivity index (χ4v) is 1.68. The van der Waals surface area contributed by atoms with E-state index < -0.39 is 66.6 Å². The number of rotatable bonds is 11. The van der Waals surface area contributed by atoms with Gasteiger partial charge in [-0.25, -0.2) is 22.4 Å². The minimum absolute atomic E-state index is 0.250. The molecule has 3 unspecified atom stereocenters. The summed E-state index contributed by atoms with van der Waals surface area (Å²) >= 11 is 0. The summed E-state index contributed by atoms with van der Waals surface area (Å²) in [6.45, 7) is 2.40. The first kappa shape index (κ1) is 30.0. The van der Waals surface area contributed by atoms with Crippen molar-refractivity contribution >= 4 is 5.97 Å². The maximum Gasteiger partial charge on any atom is 0.385 e. The van der Waals surface area contributed by atoms with Crippen molar-refractivity contribution in [1.29, 1.82) is 0 Å². The molecule has 0 bridgehead atoms. The molecule has 0 radical (unpaired) electrons. The number of esters is 1. The molecule has 0 aliphatic rings. The average Bonchev–Trinajstić information content (AvgIpc) is 2.65. The van der Waals surface area contributed by atoms with E-state index in [1.165, 1.54) is 0 Å². The van der Waals surface area contributed by atoms with Gasteiger partial charge in [-0.3, -0.25) is 0 Å². The van der Waals surface area contributed by atoms with Crippen molar-refractivity contribution in [2.45, 2.75) is 60.7 Å².